The highest BCUT2D eigenvalue weighted by Crippen LogP contribution is 2.32. The summed E-state index contributed by atoms with van der Waals surface area (Å²) in [7, 11) is -3.54. The fourth-order valence-corrected chi connectivity index (χ4v) is 3.80. The molecule has 1 saturated carbocycles. The predicted octanol–water partition coefficient (Wildman–Crippen LogP) is 3.60. The van der Waals surface area contributed by atoms with Gasteiger partial charge in [-0.1, -0.05) is 40.2 Å². The van der Waals surface area contributed by atoms with Crippen LogP contribution in [0.2, 0.25) is 0 Å². The van der Waals surface area contributed by atoms with Crippen molar-refractivity contribution < 1.29 is 13.2 Å². The van der Waals surface area contributed by atoms with Gasteiger partial charge in [0.05, 0.1) is 6.61 Å². The maximum atomic E-state index is 12.7. The maximum Gasteiger partial charge on any atom is 0.244 e. The molecule has 0 amide bonds. The van der Waals surface area contributed by atoms with Crippen molar-refractivity contribution in [3.63, 3.8) is 0 Å². The number of ether oxygens (including phenoxy) is 1. The van der Waals surface area contributed by atoms with Crippen molar-refractivity contribution in [1.29, 1.82) is 0 Å². The van der Waals surface area contributed by atoms with Crippen LogP contribution in [-0.2, 0) is 15.4 Å². The molecule has 2 rings (SSSR count). The second-order valence-electron chi connectivity index (χ2n) is 7.01. The van der Waals surface area contributed by atoms with Crippen LogP contribution < -0.4 is 9.46 Å². The minimum atomic E-state index is -3.54. The first kappa shape index (κ1) is 17.3. The molecular weight excluding hydrogens is 298 g/mol. The molecule has 0 spiro atoms. The average molecular weight is 325 g/mol. The molecular formula is C17H27NO3S. The molecule has 0 radical (unpaired) electrons. The summed E-state index contributed by atoms with van der Waals surface area (Å²) in [6.07, 6.45) is 3.78. The third kappa shape index (κ3) is 4.02. The summed E-state index contributed by atoms with van der Waals surface area (Å²) >= 11 is 0. The van der Waals surface area contributed by atoms with Crippen LogP contribution in [0.1, 0.15) is 58.9 Å². The Morgan fingerprint density at radius 2 is 1.95 bits per heavy atom. The molecule has 1 fully saturated rings. The summed E-state index contributed by atoms with van der Waals surface area (Å²) in [5.41, 5.74) is 0.884. The monoisotopic (exact) mass is 325 g/mol. The first-order chi connectivity index (χ1) is 10.2. The van der Waals surface area contributed by atoms with E-state index in [0.29, 0.717) is 12.4 Å². The lowest BCUT2D eigenvalue weighted by Gasteiger charge is -2.27. The Bertz CT molecular complexity index is 613. The number of nitrogens with one attached hydrogen (secondary N) is 1. The molecule has 0 heterocycles. The Kier molecular flexibility index (Phi) is 5.17. The molecule has 5 heteroatoms. The molecule has 1 N–H and O–H groups in total. The second kappa shape index (κ2) is 6.59. The Hall–Kier alpha value is -1.07. The van der Waals surface area contributed by atoms with Gasteiger partial charge < -0.3 is 4.74 Å². The lowest BCUT2D eigenvalue weighted by molar-refractivity contribution is 0.308. The molecule has 0 bridgehead atoms. The van der Waals surface area contributed by atoms with Crippen molar-refractivity contribution in [3.8, 4) is 5.75 Å². The quantitative estimate of drug-likeness (QED) is 0.869. The first-order valence-corrected chi connectivity index (χ1v) is 9.52. The Morgan fingerprint density at radius 3 is 2.45 bits per heavy atom. The van der Waals surface area contributed by atoms with E-state index in [-0.39, 0.29) is 16.4 Å². The molecule has 0 saturated heterocycles. The van der Waals surface area contributed by atoms with E-state index >= 15 is 0 Å². The smallest absolute Gasteiger partial charge is 0.244 e. The molecule has 1 aliphatic carbocycles. The van der Waals surface area contributed by atoms with Crippen molar-refractivity contribution in [2.45, 2.75) is 69.7 Å². The van der Waals surface area contributed by atoms with Crippen molar-refractivity contribution in [3.05, 3.63) is 23.8 Å². The molecule has 22 heavy (non-hydrogen) atoms. The van der Waals surface area contributed by atoms with Gasteiger partial charge in [0.1, 0.15) is 10.6 Å². The molecule has 1 aromatic rings. The third-order valence-corrected chi connectivity index (χ3v) is 5.53. The number of benzene rings is 1. The molecule has 0 atom stereocenters. The second-order valence-corrected chi connectivity index (χ2v) is 8.69. The molecule has 0 unspecified atom stereocenters. The van der Waals surface area contributed by atoms with Crippen LogP contribution in [0, 0.1) is 0 Å². The topological polar surface area (TPSA) is 55.4 Å². The Morgan fingerprint density at radius 1 is 1.27 bits per heavy atom. The fourth-order valence-electron chi connectivity index (χ4n) is 2.32. The number of hydrogen-bond donors (Lipinski definition) is 1. The van der Waals surface area contributed by atoms with Gasteiger partial charge in [0.25, 0.3) is 0 Å². The summed E-state index contributed by atoms with van der Waals surface area (Å²) in [5.74, 6) is 0.446. The van der Waals surface area contributed by atoms with Crippen LogP contribution in [-0.4, -0.2) is 21.1 Å². The van der Waals surface area contributed by atoms with Gasteiger partial charge in [0.15, 0.2) is 0 Å². The van der Waals surface area contributed by atoms with Crippen molar-refractivity contribution in [2.24, 2.45) is 0 Å². The molecule has 1 aromatic carbocycles. The number of rotatable bonds is 6. The van der Waals surface area contributed by atoms with E-state index in [9.17, 15) is 8.42 Å². The van der Waals surface area contributed by atoms with E-state index in [2.05, 4.69) is 25.5 Å². The zero-order valence-electron chi connectivity index (χ0n) is 14.0. The minimum Gasteiger partial charge on any atom is -0.492 e. The van der Waals surface area contributed by atoms with E-state index in [0.717, 1.165) is 31.2 Å². The Labute approximate surface area is 134 Å². The van der Waals surface area contributed by atoms with Crippen molar-refractivity contribution >= 4 is 10.0 Å². The van der Waals surface area contributed by atoms with Gasteiger partial charge in [-0.15, -0.1) is 0 Å². The zero-order valence-corrected chi connectivity index (χ0v) is 14.8. The highest BCUT2D eigenvalue weighted by Gasteiger charge is 2.28. The highest BCUT2D eigenvalue weighted by atomic mass is 32.2. The number of hydrogen-bond acceptors (Lipinski definition) is 3. The standard InChI is InChI=1S/C17H27NO3S/c1-5-11-21-15-10-9-13(17(2,3)4)12-16(15)22(19,20)18-14-7-6-8-14/h9-10,12,14,18H,5-8,11H2,1-4H3. The van der Waals surface area contributed by atoms with Gasteiger partial charge in [0.2, 0.25) is 10.0 Å². The van der Waals surface area contributed by atoms with Gasteiger partial charge in [-0.05, 0) is 42.4 Å². The summed E-state index contributed by atoms with van der Waals surface area (Å²) in [6.45, 7) is 8.74. The van der Waals surface area contributed by atoms with Crippen LogP contribution in [0.25, 0.3) is 0 Å². The molecule has 0 aromatic heterocycles. The molecule has 4 nitrogen and oxygen atoms in total. The molecule has 1 aliphatic rings. The van der Waals surface area contributed by atoms with Crippen LogP contribution in [0.5, 0.6) is 5.75 Å². The summed E-state index contributed by atoms with van der Waals surface area (Å²) in [5, 5.41) is 0. The van der Waals surface area contributed by atoms with E-state index in [1.54, 1.807) is 12.1 Å². The van der Waals surface area contributed by atoms with Crippen molar-refractivity contribution in [1.82, 2.24) is 4.72 Å². The van der Waals surface area contributed by atoms with Crippen molar-refractivity contribution in [2.75, 3.05) is 6.61 Å². The van der Waals surface area contributed by atoms with E-state index < -0.39 is 10.0 Å². The van der Waals surface area contributed by atoms with E-state index in [1.165, 1.54) is 0 Å². The zero-order chi connectivity index (χ0) is 16.4. The van der Waals surface area contributed by atoms with Crippen LogP contribution in [0.4, 0.5) is 0 Å². The minimum absolute atomic E-state index is 0.0716. The average Bonchev–Trinajstić information content (AvgIpc) is 2.39. The molecule has 124 valence electrons. The molecule has 0 aliphatic heterocycles. The SMILES string of the molecule is CCCOc1ccc(C(C)(C)C)cc1S(=O)(=O)NC1CCC1. The normalized spacial score (nSPS) is 16.4. The van der Waals surface area contributed by atoms with E-state index in [1.807, 2.05) is 13.0 Å². The predicted molar refractivity (Wildman–Crippen MR) is 88.9 cm³/mol. The first-order valence-electron chi connectivity index (χ1n) is 8.03. The summed E-state index contributed by atoms with van der Waals surface area (Å²) < 4.78 is 33.9. The summed E-state index contributed by atoms with van der Waals surface area (Å²) in [4.78, 5) is 0.264. The third-order valence-electron chi connectivity index (χ3n) is 3.99. The maximum absolute atomic E-state index is 12.7. The van der Waals surface area contributed by atoms with Gasteiger partial charge >= 0.3 is 0 Å². The van der Waals surface area contributed by atoms with Crippen LogP contribution in [0.15, 0.2) is 23.1 Å². The lowest BCUT2D eigenvalue weighted by Crippen LogP contribution is -2.39. The fraction of sp³-hybridized carbons (Fsp3) is 0.647. The highest BCUT2D eigenvalue weighted by molar-refractivity contribution is 7.89. The lowest BCUT2D eigenvalue weighted by atomic mass is 9.87. The van der Waals surface area contributed by atoms with Gasteiger partial charge in [-0.2, -0.15) is 0 Å². The summed E-state index contributed by atoms with van der Waals surface area (Å²) in [6, 6.07) is 5.56. The van der Waals surface area contributed by atoms with Gasteiger partial charge in [0, 0.05) is 6.04 Å². The van der Waals surface area contributed by atoms with Gasteiger partial charge in [-0.3, -0.25) is 0 Å². The number of sulfonamides is 1. The van der Waals surface area contributed by atoms with Gasteiger partial charge in [-0.25, -0.2) is 13.1 Å². The Balaban J connectivity index is 2.39. The van der Waals surface area contributed by atoms with Crippen LogP contribution in [0.3, 0.4) is 0 Å². The van der Waals surface area contributed by atoms with Crippen LogP contribution >= 0.6 is 0 Å². The largest absolute Gasteiger partial charge is 0.492 e. The van der Waals surface area contributed by atoms with E-state index in [4.69, 9.17) is 4.74 Å².